The zero-order chi connectivity index (χ0) is 18.4. The van der Waals surface area contributed by atoms with Crippen LogP contribution in [-0.2, 0) is 0 Å². The Labute approximate surface area is 145 Å². The second kappa shape index (κ2) is 5.55. The molecular formula is C12H6N8O5S. The van der Waals surface area contributed by atoms with Gasteiger partial charge in [-0.2, -0.15) is 0 Å². The minimum atomic E-state index is -0.803. The van der Waals surface area contributed by atoms with Gasteiger partial charge in [0.2, 0.25) is 5.95 Å². The molecule has 0 aliphatic rings. The maximum atomic E-state index is 12.7. The number of benzene rings is 1. The predicted molar refractivity (Wildman–Crippen MR) is 87.3 cm³/mol. The summed E-state index contributed by atoms with van der Waals surface area (Å²) in [7, 11) is 0. The van der Waals surface area contributed by atoms with Gasteiger partial charge in [-0.15, -0.1) is 0 Å². The van der Waals surface area contributed by atoms with Gasteiger partial charge in [0.1, 0.15) is 5.56 Å². The number of H-pyrrole nitrogens is 1. The van der Waals surface area contributed by atoms with Gasteiger partial charge in [0.05, 0.1) is 15.1 Å². The summed E-state index contributed by atoms with van der Waals surface area (Å²) in [5, 5.41) is 35.4. The van der Waals surface area contributed by atoms with Gasteiger partial charge in [0.25, 0.3) is 11.5 Å². The van der Waals surface area contributed by atoms with Crippen molar-refractivity contribution < 1.29 is 14.8 Å². The van der Waals surface area contributed by atoms with Crippen molar-refractivity contribution >= 4 is 44.1 Å². The Balaban J connectivity index is 1.92. The number of nitro benzene ring substituents is 1. The first-order valence-electron chi connectivity index (χ1n) is 6.82. The first kappa shape index (κ1) is 15.6. The lowest BCUT2D eigenvalue weighted by Gasteiger charge is -2.01. The number of fused-ring (bicyclic) bond motifs is 3. The number of carbonyl (C=O) groups excluding carboxylic acids is 1. The van der Waals surface area contributed by atoms with Gasteiger partial charge < -0.3 is 5.11 Å². The molecule has 4 aromatic rings. The molecule has 26 heavy (non-hydrogen) atoms. The SMILES string of the molecule is O=C(Nc1nnn[nH]1)c1cnc2sc3cc(O)c([N+](=O)[O-])cc3n2c1=O. The Hall–Kier alpha value is -3.94. The number of carbonyl (C=O) groups is 1. The van der Waals surface area contributed by atoms with Crippen LogP contribution in [0.2, 0.25) is 0 Å². The molecule has 0 saturated heterocycles. The smallest absolute Gasteiger partial charge is 0.312 e. The Morgan fingerprint density at radius 2 is 2.23 bits per heavy atom. The molecule has 0 bridgehead atoms. The van der Waals surface area contributed by atoms with Gasteiger partial charge in [0, 0.05) is 18.3 Å². The molecule has 0 fully saturated rings. The molecule has 3 heterocycles. The number of nitrogens with one attached hydrogen (secondary N) is 2. The second-order valence-electron chi connectivity index (χ2n) is 4.97. The Morgan fingerprint density at radius 1 is 1.42 bits per heavy atom. The van der Waals surface area contributed by atoms with Crippen LogP contribution in [0.3, 0.4) is 0 Å². The van der Waals surface area contributed by atoms with Gasteiger partial charge in [-0.3, -0.25) is 25.0 Å². The maximum absolute atomic E-state index is 12.7. The van der Waals surface area contributed by atoms with Crippen molar-refractivity contribution in [1.82, 2.24) is 30.0 Å². The molecule has 3 N–H and O–H groups in total. The van der Waals surface area contributed by atoms with E-state index in [0.717, 1.165) is 28.0 Å². The summed E-state index contributed by atoms with van der Waals surface area (Å²) in [6.07, 6.45) is 1.08. The summed E-state index contributed by atoms with van der Waals surface area (Å²) in [4.78, 5) is 39.5. The van der Waals surface area contributed by atoms with Crippen molar-refractivity contribution in [3.8, 4) is 5.75 Å². The molecule has 3 aromatic heterocycles. The van der Waals surface area contributed by atoms with Crippen molar-refractivity contribution in [2.75, 3.05) is 5.32 Å². The maximum Gasteiger partial charge on any atom is 0.312 e. The van der Waals surface area contributed by atoms with Crippen LogP contribution in [0.5, 0.6) is 5.75 Å². The zero-order valence-corrected chi connectivity index (χ0v) is 13.2. The van der Waals surface area contributed by atoms with Crippen LogP contribution in [0.1, 0.15) is 10.4 Å². The molecule has 0 saturated carbocycles. The van der Waals surface area contributed by atoms with Crippen LogP contribution in [-0.4, -0.2) is 45.9 Å². The Bertz CT molecular complexity index is 1240. The third kappa shape index (κ3) is 2.32. The van der Waals surface area contributed by atoms with Crippen LogP contribution in [0.4, 0.5) is 11.6 Å². The normalized spacial score (nSPS) is 11.1. The fourth-order valence-electron chi connectivity index (χ4n) is 2.31. The number of nitro groups is 1. The van der Waals surface area contributed by atoms with E-state index in [2.05, 4.69) is 30.9 Å². The van der Waals surface area contributed by atoms with Gasteiger partial charge in [-0.25, -0.2) is 14.5 Å². The number of amides is 1. The van der Waals surface area contributed by atoms with E-state index in [-0.39, 0.29) is 22.0 Å². The van der Waals surface area contributed by atoms with E-state index in [1.807, 2.05) is 0 Å². The van der Waals surface area contributed by atoms with E-state index >= 15 is 0 Å². The van der Waals surface area contributed by atoms with Gasteiger partial charge in [0.15, 0.2) is 10.7 Å². The summed E-state index contributed by atoms with van der Waals surface area (Å²) in [5.41, 5.74) is -1.45. The molecule has 1 amide bonds. The van der Waals surface area contributed by atoms with Crippen molar-refractivity contribution in [2.24, 2.45) is 0 Å². The number of thiazole rings is 1. The lowest BCUT2D eigenvalue weighted by Crippen LogP contribution is -2.26. The molecule has 0 aliphatic carbocycles. The number of anilines is 1. The number of phenols is 1. The highest BCUT2D eigenvalue weighted by Crippen LogP contribution is 2.34. The fraction of sp³-hybridized carbons (Fsp3) is 0. The molecule has 0 spiro atoms. The second-order valence-corrected chi connectivity index (χ2v) is 5.98. The quantitative estimate of drug-likeness (QED) is 0.335. The number of tetrazole rings is 1. The monoisotopic (exact) mass is 374 g/mol. The standard InChI is InChI=1S/C12H6N8O5S/c21-7-2-8-6(1-5(7)20(24)25)19-10(23)4(3-13-12(19)26-8)9(22)14-11-15-17-18-16-11/h1-3,21H,(H2,14,15,16,17,18,22). The van der Waals surface area contributed by atoms with E-state index in [1.54, 1.807) is 0 Å². The minimum Gasteiger partial charge on any atom is -0.502 e. The molecule has 4 rings (SSSR count). The molecule has 0 radical (unpaired) electrons. The lowest BCUT2D eigenvalue weighted by molar-refractivity contribution is -0.385. The summed E-state index contributed by atoms with van der Waals surface area (Å²) >= 11 is 1.04. The molecule has 0 unspecified atom stereocenters. The number of rotatable bonds is 3. The van der Waals surface area contributed by atoms with Crippen LogP contribution in [0.25, 0.3) is 15.2 Å². The van der Waals surface area contributed by atoms with Gasteiger partial charge >= 0.3 is 5.69 Å². The number of aromatic amines is 1. The highest BCUT2D eigenvalue weighted by molar-refractivity contribution is 7.23. The van der Waals surface area contributed by atoms with Crippen molar-refractivity contribution in [1.29, 1.82) is 0 Å². The minimum absolute atomic E-state index is 0.0600. The number of aromatic hydroxyl groups is 1. The molecular weight excluding hydrogens is 368 g/mol. The summed E-state index contributed by atoms with van der Waals surface area (Å²) in [5.74, 6) is -1.39. The van der Waals surface area contributed by atoms with Crippen LogP contribution in [0, 0.1) is 10.1 Å². The van der Waals surface area contributed by atoms with Gasteiger partial charge in [-0.1, -0.05) is 16.4 Å². The summed E-state index contributed by atoms with van der Waals surface area (Å²) in [6, 6.07) is 2.23. The van der Waals surface area contributed by atoms with Crippen molar-refractivity contribution in [3.63, 3.8) is 0 Å². The highest BCUT2D eigenvalue weighted by atomic mass is 32.1. The van der Waals surface area contributed by atoms with Crippen molar-refractivity contribution in [2.45, 2.75) is 0 Å². The Morgan fingerprint density at radius 3 is 2.92 bits per heavy atom. The predicted octanol–water partition coefficient (Wildman–Crippen LogP) is 0.288. The van der Waals surface area contributed by atoms with E-state index in [0.29, 0.717) is 4.70 Å². The first-order chi connectivity index (χ1) is 12.5. The average molecular weight is 374 g/mol. The van der Waals surface area contributed by atoms with Crippen molar-refractivity contribution in [3.05, 3.63) is 44.4 Å². The van der Waals surface area contributed by atoms with Crippen LogP contribution < -0.4 is 10.9 Å². The van der Waals surface area contributed by atoms with Gasteiger partial charge in [-0.05, 0) is 10.4 Å². The fourth-order valence-corrected chi connectivity index (χ4v) is 3.31. The molecule has 0 atom stereocenters. The van der Waals surface area contributed by atoms with Crippen LogP contribution >= 0.6 is 11.3 Å². The molecule has 1 aromatic carbocycles. The van der Waals surface area contributed by atoms with E-state index in [9.17, 15) is 24.8 Å². The molecule has 130 valence electrons. The lowest BCUT2D eigenvalue weighted by atomic mass is 10.2. The largest absolute Gasteiger partial charge is 0.502 e. The molecule has 14 heteroatoms. The molecule has 13 nitrogen and oxygen atoms in total. The average Bonchev–Trinajstić information content (AvgIpc) is 3.21. The van der Waals surface area contributed by atoms with Crippen LogP contribution in [0.15, 0.2) is 23.1 Å². The third-order valence-electron chi connectivity index (χ3n) is 3.45. The summed E-state index contributed by atoms with van der Waals surface area (Å²) < 4.78 is 1.47. The summed E-state index contributed by atoms with van der Waals surface area (Å²) in [6.45, 7) is 0. The number of nitrogens with zero attached hydrogens (tertiary/aromatic N) is 6. The zero-order valence-electron chi connectivity index (χ0n) is 12.4. The third-order valence-corrected chi connectivity index (χ3v) is 4.46. The molecule has 0 aliphatic heterocycles. The number of phenolic OH excluding ortho intramolecular Hbond substituents is 1. The van der Waals surface area contributed by atoms with E-state index in [1.165, 1.54) is 6.07 Å². The Kier molecular flexibility index (Phi) is 3.33. The highest BCUT2D eigenvalue weighted by Gasteiger charge is 2.21. The van der Waals surface area contributed by atoms with E-state index in [4.69, 9.17) is 0 Å². The number of hydrogen-bond donors (Lipinski definition) is 3. The first-order valence-corrected chi connectivity index (χ1v) is 7.64. The number of aromatic nitrogens is 6. The van der Waals surface area contributed by atoms with E-state index < -0.39 is 27.8 Å². The topological polar surface area (TPSA) is 181 Å². The number of hydrogen-bond acceptors (Lipinski definition) is 10.